The van der Waals surface area contributed by atoms with Gasteiger partial charge in [0.25, 0.3) is 5.91 Å². The predicted molar refractivity (Wildman–Crippen MR) is 97.6 cm³/mol. The molecule has 2 aromatic carbocycles. The number of hydrogen-bond acceptors (Lipinski definition) is 4. The number of nitrogens with one attached hydrogen (secondary N) is 1. The van der Waals surface area contributed by atoms with Crippen molar-refractivity contribution >= 4 is 5.91 Å². The molecule has 0 bridgehead atoms. The second kappa shape index (κ2) is 8.78. The first-order valence-electron chi connectivity index (χ1n) is 7.90. The summed E-state index contributed by atoms with van der Waals surface area (Å²) >= 11 is 0. The molecule has 0 aliphatic carbocycles. The number of amides is 1. The molecular weight excluding hydrogens is 318 g/mol. The molecule has 0 heterocycles. The Bertz CT molecular complexity index is 755. The largest absolute Gasteiger partial charge is 0.496 e. The number of carbonyl (C=O) groups excluding carboxylic acids is 1. The van der Waals surface area contributed by atoms with Gasteiger partial charge in [0.1, 0.15) is 5.75 Å². The topological polar surface area (TPSA) is 56.8 Å². The van der Waals surface area contributed by atoms with Crippen LogP contribution in [0.4, 0.5) is 0 Å². The van der Waals surface area contributed by atoms with Gasteiger partial charge in [0, 0.05) is 23.2 Å². The van der Waals surface area contributed by atoms with Crippen LogP contribution < -0.4 is 19.5 Å². The Morgan fingerprint density at radius 3 is 2.40 bits per heavy atom. The molecule has 5 heteroatoms. The number of para-hydroxylation sites is 1. The van der Waals surface area contributed by atoms with Crippen LogP contribution in [0.5, 0.6) is 17.2 Å². The highest BCUT2D eigenvalue weighted by molar-refractivity contribution is 5.95. The lowest BCUT2D eigenvalue weighted by atomic mass is 10.0. The van der Waals surface area contributed by atoms with Crippen LogP contribution in [-0.2, 0) is 13.0 Å². The Morgan fingerprint density at radius 2 is 1.76 bits per heavy atom. The Labute approximate surface area is 148 Å². The number of allylic oxidation sites excluding steroid dienone is 1. The van der Waals surface area contributed by atoms with E-state index in [1.54, 1.807) is 39.5 Å². The Hall–Kier alpha value is -2.95. The molecule has 0 aliphatic heterocycles. The first kappa shape index (κ1) is 18.4. The summed E-state index contributed by atoms with van der Waals surface area (Å²) in [5, 5.41) is 2.91. The molecule has 1 amide bonds. The van der Waals surface area contributed by atoms with Crippen molar-refractivity contribution in [1.29, 1.82) is 0 Å². The van der Waals surface area contributed by atoms with Gasteiger partial charge in [-0.3, -0.25) is 4.79 Å². The Morgan fingerprint density at radius 1 is 1.04 bits per heavy atom. The van der Waals surface area contributed by atoms with Crippen molar-refractivity contribution < 1.29 is 19.0 Å². The molecule has 0 atom stereocenters. The first-order chi connectivity index (χ1) is 12.1. The highest BCUT2D eigenvalue weighted by Crippen LogP contribution is 2.33. The molecular formula is C20H23NO4. The molecule has 0 unspecified atom stereocenters. The molecule has 0 spiro atoms. The van der Waals surface area contributed by atoms with Crippen molar-refractivity contribution in [2.75, 3.05) is 21.3 Å². The summed E-state index contributed by atoms with van der Waals surface area (Å²) in [6.45, 7) is 4.11. The number of hydrogen-bond donors (Lipinski definition) is 1. The SMILES string of the molecule is C=CCc1cc(C(=O)NCc2ccccc2OC)cc(OC)c1OC. The molecule has 0 radical (unpaired) electrons. The van der Waals surface area contributed by atoms with Gasteiger partial charge in [-0.2, -0.15) is 0 Å². The van der Waals surface area contributed by atoms with Gasteiger partial charge in [0.05, 0.1) is 21.3 Å². The van der Waals surface area contributed by atoms with Crippen LogP contribution in [0.2, 0.25) is 0 Å². The maximum Gasteiger partial charge on any atom is 0.251 e. The lowest BCUT2D eigenvalue weighted by Gasteiger charge is -2.15. The Kier molecular flexibility index (Phi) is 6.46. The molecule has 0 aromatic heterocycles. The van der Waals surface area contributed by atoms with E-state index in [1.807, 2.05) is 24.3 Å². The van der Waals surface area contributed by atoms with E-state index >= 15 is 0 Å². The fraction of sp³-hybridized carbons (Fsp3) is 0.250. The Balaban J connectivity index is 2.23. The molecule has 5 nitrogen and oxygen atoms in total. The van der Waals surface area contributed by atoms with Gasteiger partial charge in [-0.1, -0.05) is 24.3 Å². The van der Waals surface area contributed by atoms with Crippen molar-refractivity contribution in [2.45, 2.75) is 13.0 Å². The maximum absolute atomic E-state index is 12.6. The first-order valence-corrected chi connectivity index (χ1v) is 7.90. The van der Waals surface area contributed by atoms with E-state index in [4.69, 9.17) is 14.2 Å². The smallest absolute Gasteiger partial charge is 0.251 e. The molecule has 25 heavy (non-hydrogen) atoms. The summed E-state index contributed by atoms with van der Waals surface area (Å²) in [6, 6.07) is 11.0. The monoisotopic (exact) mass is 341 g/mol. The van der Waals surface area contributed by atoms with E-state index in [0.717, 1.165) is 16.9 Å². The van der Waals surface area contributed by atoms with E-state index in [2.05, 4.69) is 11.9 Å². The lowest BCUT2D eigenvalue weighted by molar-refractivity contribution is 0.0950. The molecule has 0 saturated carbocycles. The predicted octanol–water partition coefficient (Wildman–Crippen LogP) is 3.37. The average molecular weight is 341 g/mol. The zero-order chi connectivity index (χ0) is 18.2. The van der Waals surface area contributed by atoms with Crippen LogP contribution in [0, 0.1) is 0 Å². The van der Waals surface area contributed by atoms with Crippen LogP contribution >= 0.6 is 0 Å². The van der Waals surface area contributed by atoms with E-state index in [-0.39, 0.29) is 5.91 Å². The van der Waals surface area contributed by atoms with Crippen molar-refractivity contribution in [3.63, 3.8) is 0 Å². The van der Waals surface area contributed by atoms with Crippen LogP contribution in [0.15, 0.2) is 49.1 Å². The molecule has 132 valence electrons. The molecule has 1 N–H and O–H groups in total. The molecule has 2 rings (SSSR count). The van der Waals surface area contributed by atoms with E-state index in [0.29, 0.717) is 30.0 Å². The zero-order valence-electron chi connectivity index (χ0n) is 14.8. The number of carbonyl (C=O) groups is 1. The third-order valence-electron chi connectivity index (χ3n) is 3.81. The summed E-state index contributed by atoms with van der Waals surface area (Å²) in [7, 11) is 4.73. The molecule has 0 fully saturated rings. The summed E-state index contributed by atoms with van der Waals surface area (Å²) < 4.78 is 16.0. The fourth-order valence-electron chi connectivity index (χ4n) is 2.61. The van der Waals surface area contributed by atoms with Crippen LogP contribution in [0.25, 0.3) is 0 Å². The van der Waals surface area contributed by atoms with E-state index in [1.165, 1.54) is 0 Å². The summed E-state index contributed by atoms with van der Waals surface area (Å²) in [5.41, 5.74) is 2.26. The zero-order valence-corrected chi connectivity index (χ0v) is 14.8. The minimum atomic E-state index is -0.197. The standard InChI is InChI=1S/C20H23NO4/c1-5-8-14-11-16(12-18(24-3)19(14)25-4)20(22)21-13-15-9-6-7-10-17(15)23-2/h5-7,9-12H,1,8,13H2,2-4H3,(H,21,22). The maximum atomic E-state index is 12.6. The number of methoxy groups -OCH3 is 3. The van der Waals surface area contributed by atoms with E-state index < -0.39 is 0 Å². The van der Waals surface area contributed by atoms with Crippen molar-refractivity contribution in [2.24, 2.45) is 0 Å². The molecule has 2 aromatic rings. The van der Waals surface area contributed by atoms with Crippen LogP contribution in [-0.4, -0.2) is 27.2 Å². The minimum absolute atomic E-state index is 0.197. The quantitative estimate of drug-likeness (QED) is 0.748. The second-order valence-electron chi connectivity index (χ2n) is 5.36. The highest BCUT2D eigenvalue weighted by Gasteiger charge is 2.16. The number of rotatable bonds is 8. The number of ether oxygens (including phenoxy) is 3. The second-order valence-corrected chi connectivity index (χ2v) is 5.36. The molecule has 0 aliphatic rings. The lowest BCUT2D eigenvalue weighted by Crippen LogP contribution is -2.23. The summed E-state index contributed by atoms with van der Waals surface area (Å²) in [4.78, 5) is 12.6. The third-order valence-corrected chi connectivity index (χ3v) is 3.81. The van der Waals surface area contributed by atoms with Gasteiger partial charge in [-0.25, -0.2) is 0 Å². The van der Waals surface area contributed by atoms with Gasteiger partial charge in [0.2, 0.25) is 0 Å². The van der Waals surface area contributed by atoms with Gasteiger partial charge in [-0.15, -0.1) is 6.58 Å². The van der Waals surface area contributed by atoms with Crippen molar-refractivity contribution in [1.82, 2.24) is 5.32 Å². The summed E-state index contributed by atoms with van der Waals surface area (Å²) in [5.74, 6) is 1.67. The van der Waals surface area contributed by atoms with E-state index in [9.17, 15) is 4.79 Å². The minimum Gasteiger partial charge on any atom is -0.496 e. The van der Waals surface area contributed by atoms with Gasteiger partial charge in [-0.05, 0) is 24.6 Å². The third kappa shape index (κ3) is 4.32. The average Bonchev–Trinajstić information content (AvgIpc) is 2.65. The summed E-state index contributed by atoms with van der Waals surface area (Å²) in [6.07, 6.45) is 2.33. The van der Waals surface area contributed by atoms with Crippen molar-refractivity contribution in [3.05, 3.63) is 65.7 Å². The number of benzene rings is 2. The van der Waals surface area contributed by atoms with Gasteiger partial charge < -0.3 is 19.5 Å². The van der Waals surface area contributed by atoms with Gasteiger partial charge in [0.15, 0.2) is 11.5 Å². The highest BCUT2D eigenvalue weighted by atomic mass is 16.5. The van der Waals surface area contributed by atoms with Crippen LogP contribution in [0.1, 0.15) is 21.5 Å². The molecule has 0 saturated heterocycles. The normalized spacial score (nSPS) is 10.0. The van der Waals surface area contributed by atoms with Gasteiger partial charge >= 0.3 is 0 Å². The fourth-order valence-corrected chi connectivity index (χ4v) is 2.61. The van der Waals surface area contributed by atoms with Crippen LogP contribution in [0.3, 0.4) is 0 Å². The van der Waals surface area contributed by atoms with Crippen molar-refractivity contribution in [3.8, 4) is 17.2 Å².